The number of hydrogen-bond acceptors (Lipinski definition) is 3. The lowest BCUT2D eigenvalue weighted by molar-refractivity contribution is 0.615. The molecule has 6 heteroatoms. The summed E-state index contributed by atoms with van der Waals surface area (Å²) in [5, 5.41) is 10.8. The quantitative estimate of drug-likeness (QED) is 0.727. The number of anilines is 1. The molecular weight excluding hydrogens is 395 g/mol. The summed E-state index contributed by atoms with van der Waals surface area (Å²) in [4.78, 5) is 2.95. The Bertz CT molecular complexity index is 649. The van der Waals surface area contributed by atoms with Crippen LogP contribution in [0.3, 0.4) is 0 Å². The maximum Gasteiger partial charge on any atom is 0.161 e. The molecule has 0 unspecified atom stereocenters. The molecule has 0 fully saturated rings. The van der Waals surface area contributed by atoms with Crippen LogP contribution in [0, 0.1) is 17.1 Å². The number of nitriles is 1. The molecule has 0 aliphatic carbocycles. The summed E-state index contributed by atoms with van der Waals surface area (Å²) in [6.45, 7) is 0.617. The molecule has 2 rings (SSSR count). The van der Waals surface area contributed by atoms with Crippen LogP contribution in [0.5, 0.6) is 0 Å². The van der Waals surface area contributed by atoms with Crippen molar-refractivity contribution < 1.29 is 4.39 Å². The normalized spacial score (nSPS) is 10.3. The predicted octanol–water partition coefficient (Wildman–Crippen LogP) is 4.92. The number of rotatable bonds is 3. The van der Waals surface area contributed by atoms with Crippen LogP contribution in [-0.4, -0.2) is 7.05 Å². The summed E-state index contributed by atoms with van der Waals surface area (Å²) in [6.07, 6.45) is 0. The smallest absolute Gasteiger partial charge is 0.161 e. The Kier molecular flexibility index (Phi) is 4.61. The van der Waals surface area contributed by atoms with Crippen LogP contribution in [-0.2, 0) is 6.54 Å². The first kappa shape index (κ1) is 14.5. The molecule has 0 aliphatic rings. The lowest BCUT2D eigenvalue weighted by Crippen LogP contribution is -2.17. The average molecular weight is 404 g/mol. The van der Waals surface area contributed by atoms with Crippen molar-refractivity contribution in [2.45, 2.75) is 6.54 Å². The lowest BCUT2D eigenvalue weighted by atomic mass is 10.2. The van der Waals surface area contributed by atoms with E-state index < -0.39 is 5.82 Å². The van der Waals surface area contributed by atoms with Crippen molar-refractivity contribution in [3.05, 3.63) is 48.8 Å². The molecule has 0 radical (unpaired) electrons. The molecule has 1 aromatic carbocycles. The zero-order valence-electron chi connectivity index (χ0n) is 9.95. The van der Waals surface area contributed by atoms with Gasteiger partial charge in [-0.05, 0) is 50.1 Å². The Hall–Kier alpha value is -0.900. The van der Waals surface area contributed by atoms with E-state index in [0.29, 0.717) is 17.8 Å². The van der Waals surface area contributed by atoms with Crippen LogP contribution < -0.4 is 4.90 Å². The summed E-state index contributed by atoms with van der Waals surface area (Å²) in [5.74, 6) is -0.405. The van der Waals surface area contributed by atoms with Crippen LogP contribution in [0.25, 0.3) is 0 Å². The Morgan fingerprint density at radius 3 is 2.74 bits per heavy atom. The van der Waals surface area contributed by atoms with E-state index in [1.54, 1.807) is 23.5 Å². The van der Waals surface area contributed by atoms with Gasteiger partial charge in [-0.3, -0.25) is 0 Å². The van der Waals surface area contributed by atoms with E-state index in [9.17, 15) is 4.39 Å². The molecule has 1 aromatic heterocycles. The van der Waals surface area contributed by atoms with Crippen molar-refractivity contribution in [2.24, 2.45) is 0 Å². The van der Waals surface area contributed by atoms with Crippen molar-refractivity contribution in [1.29, 1.82) is 5.26 Å². The van der Waals surface area contributed by atoms with Gasteiger partial charge in [0.2, 0.25) is 0 Å². The van der Waals surface area contributed by atoms with Crippen LogP contribution in [0.4, 0.5) is 10.1 Å². The number of benzene rings is 1. The van der Waals surface area contributed by atoms with Gasteiger partial charge in [0.25, 0.3) is 0 Å². The predicted molar refractivity (Wildman–Crippen MR) is 82.9 cm³/mol. The molecule has 2 nitrogen and oxygen atoms in total. The minimum atomic E-state index is -0.405. The average Bonchev–Trinajstić information content (AvgIpc) is 2.78. The lowest BCUT2D eigenvalue weighted by Gasteiger charge is -2.19. The molecule has 0 saturated carbocycles. The van der Waals surface area contributed by atoms with Gasteiger partial charge >= 0.3 is 0 Å². The number of thiophene rings is 1. The van der Waals surface area contributed by atoms with Crippen LogP contribution in [0.1, 0.15) is 10.4 Å². The highest BCUT2D eigenvalue weighted by Crippen LogP contribution is 2.30. The van der Waals surface area contributed by atoms with E-state index in [-0.39, 0.29) is 4.47 Å². The molecule has 0 spiro atoms. The first-order valence-electron chi connectivity index (χ1n) is 5.35. The van der Waals surface area contributed by atoms with Crippen molar-refractivity contribution in [1.82, 2.24) is 0 Å². The van der Waals surface area contributed by atoms with Crippen LogP contribution in [0.2, 0.25) is 0 Å². The van der Waals surface area contributed by atoms with E-state index >= 15 is 0 Å². The SMILES string of the molecule is CN(Cc1cc(Br)cs1)c1ccc(C#N)c(Br)c1F. The Balaban J connectivity index is 2.27. The van der Waals surface area contributed by atoms with Crippen LogP contribution >= 0.6 is 43.2 Å². The molecule has 0 saturated heterocycles. The molecule has 98 valence electrons. The largest absolute Gasteiger partial charge is 0.367 e. The standard InChI is InChI=1S/C13H9Br2FN2S/c1-18(6-10-4-9(14)7-19-10)11-3-2-8(5-17)12(15)13(11)16/h2-4,7H,6H2,1H3. The Labute approximate surface area is 131 Å². The van der Waals surface area contributed by atoms with E-state index in [2.05, 4.69) is 31.9 Å². The topological polar surface area (TPSA) is 27.0 Å². The first-order valence-corrected chi connectivity index (χ1v) is 7.81. The Morgan fingerprint density at radius 2 is 2.16 bits per heavy atom. The second-order valence-corrected chi connectivity index (χ2v) is 6.66. The Morgan fingerprint density at radius 1 is 1.42 bits per heavy atom. The number of hydrogen-bond donors (Lipinski definition) is 0. The van der Waals surface area contributed by atoms with E-state index in [1.165, 1.54) is 0 Å². The van der Waals surface area contributed by atoms with Gasteiger partial charge < -0.3 is 4.90 Å². The van der Waals surface area contributed by atoms with Gasteiger partial charge in [-0.25, -0.2) is 4.39 Å². The zero-order valence-corrected chi connectivity index (χ0v) is 13.9. The summed E-state index contributed by atoms with van der Waals surface area (Å²) in [6, 6.07) is 7.20. The van der Waals surface area contributed by atoms with E-state index in [4.69, 9.17) is 5.26 Å². The van der Waals surface area contributed by atoms with Crippen LogP contribution in [0.15, 0.2) is 32.5 Å². The van der Waals surface area contributed by atoms with Gasteiger partial charge in [0, 0.05) is 21.8 Å². The maximum absolute atomic E-state index is 14.2. The van der Waals surface area contributed by atoms with Gasteiger partial charge in [0.1, 0.15) is 6.07 Å². The summed E-state index contributed by atoms with van der Waals surface area (Å²) >= 11 is 8.13. The first-order chi connectivity index (χ1) is 9.02. The van der Waals surface area contributed by atoms with Gasteiger partial charge in [0.15, 0.2) is 5.82 Å². The molecule has 0 amide bonds. The third-order valence-electron chi connectivity index (χ3n) is 2.61. The van der Waals surface area contributed by atoms with Gasteiger partial charge in [-0.2, -0.15) is 5.26 Å². The fourth-order valence-electron chi connectivity index (χ4n) is 1.68. The van der Waals surface area contributed by atoms with Crippen molar-refractivity contribution >= 4 is 48.9 Å². The number of halogens is 3. The monoisotopic (exact) mass is 402 g/mol. The molecular formula is C13H9Br2FN2S. The number of nitrogens with zero attached hydrogens (tertiary/aromatic N) is 2. The van der Waals surface area contributed by atoms with E-state index in [1.807, 2.05) is 29.5 Å². The molecule has 2 aromatic rings. The summed E-state index contributed by atoms with van der Waals surface area (Å²) in [7, 11) is 1.82. The highest BCUT2D eigenvalue weighted by Gasteiger charge is 2.14. The van der Waals surface area contributed by atoms with Gasteiger partial charge in [-0.1, -0.05) is 0 Å². The fourth-order valence-corrected chi connectivity index (χ4v) is 3.60. The molecule has 0 bridgehead atoms. The van der Waals surface area contributed by atoms with Crippen molar-refractivity contribution in [3.63, 3.8) is 0 Å². The van der Waals surface area contributed by atoms with Crippen molar-refractivity contribution in [2.75, 3.05) is 11.9 Å². The second-order valence-electron chi connectivity index (χ2n) is 3.96. The van der Waals surface area contributed by atoms with Gasteiger partial charge in [-0.15, -0.1) is 11.3 Å². The molecule has 0 atom stereocenters. The molecule has 0 aliphatic heterocycles. The summed E-state index contributed by atoms with van der Waals surface area (Å²) in [5.41, 5.74) is 0.768. The maximum atomic E-state index is 14.2. The molecule has 0 N–H and O–H groups in total. The summed E-state index contributed by atoms with van der Waals surface area (Å²) < 4.78 is 15.4. The zero-order chi connectivity index (χ0) is 14.0. The third-order valence-corrected chi connectivity index (χ3v) is 5.07. The second kappa shape index (κ2) is 6.04. The van der Waals surface area contributed by atoms with E-state index in [0.717, 1.165) is 9.35 Å². The minimum absolute atomic E-state index is 0.215. The highest BCUT2D eigenvalue weighted by atomic mass is 79.9. The fraction of sp³-hybridized carbons (Fsp3) is 0.154. The van der Waals surface area contributed by atoms with Gasteiger partial charge in [0.05, 0.1) is 22.3 Å². The van der Waals surface area contributed by atoms with Crippen molar-refractivity contribution in [3.8, 4) is 6.07 Å². The molecule has 19 heavy (non-hydrogen) atoms. The highest BCUT2D eigenvalue weighted by molar-refractivity contribution is 9.10. The third kappa shape index (κ3) is 3.16. The molecule has 1 heterocycles. The minimum Gasteiger partial charge on any atom is -0.367 e.